The molecule has 1 aliphatic heterocycles. The van der Waals surface area contributed by atoms with Gasteiger partial charge in [-0.3, -0.25) is 19.2 Å². The number of primary amides is 1. The number of amides is 4. The lowest BCUT2D eigenvalue weighted by Gasteiger charge is -2.30. The Bertz CT molecular complexity index is 1490. The summed E-state index contributed by atoms with van der Waals surface area (Å²) in [6.45, 7) is 0.229. The van der Waals surface area contributed by atoms with Gasteiger partial charge in [-0.1, -0.05) is 30.3 Å². The van der Waals surface area contributed by atoms with Crippen molar-refractivity contribution in [3.63, 3.8) is 0 Å². The number of hydrogen-bond acceptors (Lipinski definition) is 7. The quantitative estimate of drug-likeness (QED) is 0.146. The number of benzene rings is 2. The number of hydrogen-bond donors (Lipinski definition) is 7. The minimum Gasteiger partial charge on any atom is -0.508 e. The zero-order valence-corrected chi connectivity index (χ0v) is 23.5. The monoisotopic (exact) mass is 592 g/mol. The fourth-order valence-corrected chi connectivity index (χ4v) is 5.27. The molecular formula is C30H36N6O7. The molecule has 1 aromatic heterocycles. The molecule has 0 bridgehead atoms. The maximum Gasteiger partial charge on any atom is 0.326 e. The van der Waals surface area contributed by atoms with Crippen LogP contribution in [0.25, 0.3) is 10.9 Å². The van der Waals surface area contributed by atoms with Gasteiger partial charge in [-0.15, -0.1) is 0 Å². The van der Waals surface area contributed by atoms with Gasteiger partial charge in [-0.2, -0.15) is 0 Å². The maximum atomic E-state index is 13.8. The van der Waals surface area contributed by atoms with Gasteiger partial charge in [0.2, 0.25) is 23.6 Å². The van der Waals surface area contributed by atoms with Crippen LogP contribution in [0.15, 0.2) is 54.7 Å². The van der Waals surface area contributed by atoms with Gasteiger partial charge in [-0.25, -0.2) is 4.79 Å². The van der Waals surface area contributed by atoms with Crippen LogP contribution in [-0.4, -0.2) is 80.4 Å². The third kappa shape index (κ3) is 7.89. The first kappa shape index (κ1) is 31.0. The molecule has 4 amide bonds. The molecule has 9 N–H and O–H groups in total. The van der Waals surface area contributed by atoms with Gasteiger partial charge in [-0.05, 0) is 48.6 Å². The van der Waals surface area contributed by atoms with E-state index in [9.17, 15) is 34.2 Å². The van der Waals surface area contributed by atoms with Gasteiger partial charge in [0.25, 0.3) is 0 Å². The standard InChI is InChI=1S/C30H36N6O7/c31-21(11-12-26(32)38)27(39)34-23(14-17-7-9-19(37)10-8-17)29(41)36-13-3-6-25(36)28(40)35-24(30(42)43)15-18-16-33-22-5-2-1-4-20(18)22/h1-2,4-5,7-10,16,21,23-25,33,37H,3,6,11-15,31H2,(H2,32,38)(H,34,39)(H,35,40)(H,42,43). The summed E-state index contributed by atoms with van der Waals surface area (Å²) in [6.07, 6.45) is 2.48. The van der Waals surface area contributed by atoms with E-state index in [1.807, 2.05) is 24.3 Å². The average molecular weight is 593 g/mol. The number of H-pyrrole nitrogens is 1. The molecular weight excluding hydrogens is 556 g/mol. The molecule has 43 heavy (non-hydrogen) atoms. The second-order valence-corrected chi connectivity index (χ2v) is 10.7. The highest BCUT2D eigenvalue weighted by Crippen LogP contribution is 2.22. The largest absolute Gasteiger partial charge is 0.508 e. The number of aromatic hydroxyl groups is 1. The van der Waals surface area contributed by atoms with Crippen molar-refractivity contribution in [3.8, 4) is 5.75 Å². The highest BCUT2D eigenvalue weighted by molar-refractivity contribution is 5.95. The van der Waals surface area contributed by atoms with Crippen LogP contribution in [0.1, 0.15) is 36.8 Å². The number of carbonyl (C=O) groups excluding carboxylic acids is 4. The molecule has 0 aliphatic carbocycles. The molecule has 228 valence electrons. The Balaban J connectivity index is 1.49. The number of fused-ring (bicyclic) bond motifs is 1. The van der Waals surface area contributed by atoms with E-state index in [4.69, 9.17) is 11.5 Å². The summed E-state index contributed by atoms with van der Waals surface area (Å²) in [4.78, 5) is 67.8. The van der Waals surface area contributed by atoms with Crippen molar-refractivity contribution >= 4 is 40.5 Å². The second kappa shape index (κ2) is 13.8. The summed E-state index contributed by atoms with van der Waals surface area (Å²) >= 11 is 0. The summed E-state index contributed by atoms with van der Waals surface area (Å²) in [7, 11) is 0. The Kier molecular flexibility index (Phi) is 9.99. The highest BCUT2D eigenvalue weighted by atomic mass is 16.4. The van der Waals surface area contributed by atoms with E-state index in [-0.39, 0.29) is 38.0 Å². The molecule has 0 spiro atoms. The van der Waals surface area contributed by atoms with Crippen LogP contribution in [-0.2, 0) is 36.8 Å². The van der Waals surface area contributed by atoms with Crippen LogP contribution in [0.4, 0.5) is 0 Å². The van der Waals surface area contributed by atoms with Crippen LogP contribution in [0.2, 0.25) is 0 Å². The van der Waals surface area contributed by atoms with Gasteiger partial charge in [0.05, 0.1) is 6.04 Å². The molecule has 13 nitrogen and oxygen atoms in total. The zero-order valence-electron chi connectivity index (χ0n) is 23.5. The van der Waals surface area contributed by atoms with Crippen molar-refractivity contribution in [1.82, 2.24) is 20.5 Å². The number of likely N-dealkylation sites (tertiary alicyclic amines) is 1. The van der Waals surface area contributed by atoms with Crippen molar-refractivity contribution in [2.75, 3.05) is 6.54 Å². The summed E-state index contributed by atoms with van der Waals surface area (Å²) in [6, 6.07) is 9.13. The Morgan fingerprint density at radius 2 is 1.72 bits per heavy atom. The van der Waals surface area contributed by atoms with E-state index in [0.29, 0.717) is 18.4 Å². The molecule has 4 unspecified atom stereocenters. The van der Waals surface area contributed by atoms with E-state index in [0.717, 1.165) is 16.5 Å². The van der Waals surface area contributed by atoms with Crippen molar-refractivity contribution in [2.45, 2.75) is 62.7 Å². The number of nitrogens with two attached hydrogens (primary N) is 2. The predicted molar refractivity (Wildman–Crippen MR) is 156 cm³/mol. The number of nitrogens with one attached hydrogen (secondary N) is 3. The molecule has 4 atom stereocenters. The lowest BCUT2D eigenvalue weighted by molar-refractivity contribution is -0.145. The Morgan fingerprint density at radius 3 is 2.42 bits per heavy atom. The van der Waals surface area contributed by atoms with Gasteiger partial charge >= 0.3 is 5.97 Å². The van der Waals surface area contributed by atoms with Crippen molar-refractivity contribution in [2.24, 2.45) is 11.5 Å². The number of nitrogens with zero attached hydrogens (tertiary/aromatic N) is 1. The Hall–Kier alpha value is -4.91. The van der Waals surface area contributed by atoms with E-state index in [2.05, 4.69) is 15.6 Å². The summed E-state index contributed by atoms with van der Waals surface area (Å²) < 4.78 is 0. The lowest BCUT2D eigenvalue weighted by Crippen LogP contribution is -2.57. The van der Waals surface area contributed by atoms with Crippen LogP contribution in [0.5, 0.6) is 5.75 Å². The molecule has 3 aromatic rings. The minimum absolute atomic E-state index is 0.0109. The van der Waals surface area contributed by atoms with Crippen molar-refractivity contribution < 1.29 is 34.2 Å². The fraction of sp³-hybridized carbons (Fsp3) is 0.367. The first-order valence-electron chi connectivity index (χ1n) is 14.0. The first-order chi connectivity index (χ1) is 20.5. The van der Waals surface area contributed by atoms with Crippen LogP contribution in [0.3, 0.4) is 0 Å². The van der Waals surface area contributed by atoms with E-state index in [1.165, 1.54) is 17.0 Å². The smallest absolute Gasteiger partial charge is 0.326 e. The van der Waals surface area contributed by atoms with Crippen LogP contribution >= 0.6 is 0 Å². The SMILES string of the molecule is NC(=O)CCC(N)C(=O)NC(Cc1ccc(O)cc1)C(=O)N1CCCC1C(=O)NC(Cc1c[nH]c2ccccc12)C(=O)O. The molecule has 0 radical (unpaired) electrons. The fourth-order valence-electron chi connectivity index (χ4n) is 5.27. The summed E-state index contributed by atoms with van der Waals surface area (Å²) in [5, 5.41) is 25.6. The van der Waals surface area contributed by atoms with Crippen molar-refractivity contribution in [3.05, 3.63) is 65.9 Å². The Morgan fingerprint density at radius 1 is 1.00 bits per heavy atom. The molecule has 2 heterocycles. The second-order valence-electron chi connectivity index (χ2n) is 10.7. The normalized spacial score (nSPS) is 16.8. The topological polar surface area (TPSA) is 221 Å². The number of carbonyl (C=O) groups is 5. The molecule has 1 saturated heterocycles. The number of aromatic amines is 1. The lowest BCUT2D eigenvalue weighted by atomic mass is 10.0. The highest BCUT2D eigenvalue weighted by Gasteiger charge is 2.39. The zero-order chi connectivity index (χ0) is 31.1. The Labute approximate surface area is 247 Å². The number of carboxylic acid groups (broad SMARTS) is 1. The van der Waals surface area contributed by atoms with Gasteiger partial charge < -0.3 is 42.2 Å². The number of phenols is 1. The molecule has 2 aromatic carbocycles. The predicted octanol–water partition coefficient (Wildman–Crippen LogP) is 0.297. The van der Waals surface area contributed by atoms with Gasteiger partial charge in [0.1, 0.15) is 23.9 Å². The maximum absolute atomic E-state index is 13.8. The van der Waals surface area contributed by atoms with Crippen molar-refractivity contribution in [1.29, 1.82) is 0 Å². The number of para-hydroxylation sites is 1. The number of rotatable bonds is 13. The third-order valence-corrected chi connectivity index (χ3v) is 7.58. The third-order valence-electron chi connectivity index (χ3n) is 7.58. The minimum atomic E-state index is -1.24. The molecule has 13 heteroatoms. The van der Waals surface area contributed by atoms with E-state index >= 15 is 0 Å². The first-order valence-corrected chi connectivity index (χ1v) is 14.0. The van der Waals surface area contributed by atoms with Crippen LogP contribution < -0.4 is 22.1 Å². The molecule has 1 aliphatic rings. The van der Waals surface area contributed by atoms with E-state index in [1.54, 1.807) is 18.3 Å². The number of carboxylic acids is 1. The van der Waals surface area contributed by atoms with Gasteiger partial charge in [0.15, 0.2) is 0 Å². The summed E-state index contributed by atoms with van der Waals surface area (Å²) in [5.41, 5.74) is 13.3. The molecule has 4 rings (SSSR count). The summed E-state index contributed by atoms with van der Waals surface area (Å²) in [5.74, 6) is -3.60. The number of phenolic OH excluding ortho intramolecular Hbond substituents is 1. The number of aliphatic carboxylic acids is 1. The molecule has 1 fully saturated rings. The molecule has 0 saturated carbocycles. The van der Waals surface area contributed by atoms with Gasteiger partial charge in [0, 0.05) is 42.9 Å². The van der Waals surface area contributed by atoms with Crippen LogP contribution in [0, 0.1) is 0 Å². The van der Waals surface area contributed by atoms with E-state index < -0.39 is 53.8 Å². The average Bonchev–Trinajstić information content (AvgIpc) is 3.63. The number of aromatic nitrogens is 1.